The summed E-state index contributed by atoms with van der Waals surface area (Å²) in [6.07, 6.45) is 3.41. The highest BCUT2D eigenvalue weighted by molar-refractivity contribution is 5.78. The van der Waals surface area contributed by atoms with Crippen molar-refractivity contribution in [3.63, 3.8) is 0 Å². The standard InChI is InChI=1S/C23H26FN5O2/c1-2-29(15-17-6-5-7-19(24)14-17)21(30)16-28-12-9-18(10-13-28)23-26-22(27-31-23)20-8-3-4-11-25-20/h3-8,11,14,18H,2,9-10,12-13,15-16H2,1H3. The molecule has 0 aliphatic carbocycles. The van der Waals surface area contributed by atoms with Gasteiger partial charge >= 0.3 is 0 Å². The van der Waals surface area contributed by atoms with Crippen molar-refractivity contribution in [3.05, 3.63) is 65.9 Å². The van der Waals surface area contributed by atoms with Crippen molar-refractivity contribution in [3.8, 4) is 11.5 Å². The Morgan fingerprint density at radius 3 is 2.77 bits per heavy atom. The number of carbonyl (C=O) groups is 1. The quantitative estimate of drug-likeness (QED) is 0.579. The Morgan fingerprint density at radius 2 is 2.06 bits per heavy atom. The van der Waals surface area contributed by atoms with Gasteiger partial charge in [0.2, 0.25) is 17.6 Å². The van der Waals surface area contributed by atoms with E-state index in [0.717, 1.165) is 31.5 Å². The molecule has 0 unspecified atom stereocenters. The summed E-state index contributed by atoms with van der Waals surface area (Å²) < 4.78 is 18.9. The minimum Gasteiger partial charge on any atom is -0.339 e. The Hall–Kier alpha value is -3.13. The third-order valence-corrected chi connectivity index (χ3v) is 5.63. The van der Waals surface area contributed by atoms with Crippen LogP contribution in [0.5, 0.6) is 0 Å². The molecule has 1 aromatic carbocycles. The van der Waals surface area contributed by atoms with E-state index in [9.17, 15) is 9.18 Å². The van der Waals surface area contributed by atoms with Crippen molar-refractivity contribution in [1.82, 2.24) is 24.9 Å². The van der Waals surface area contributed by atoms with Crippen molar-refractivity contribution in [2.45, 2.75) is 32.2 Å². The Morgan fingerprint density at radius 1 is 1.23 bits per heavy atom. The molecule has 0 N–H and O–H groups in total. The SMILES string of the molecule is CCN(Cc1cccc(F)c1)C(=O)CN1CCC(c2nc(-c3ccccn3)no2)CC1. The highest BCUT2D eigenvalue weighted by atomic mass is 19.1. The number of pyridine rings is 1. The molecule has 1 aliphatic heterocycles. The first-order chi connectivity index (χ1) is 15.1. The zero-order valence-corrected chi connectivity index (χ0v) is 17.6. The number of rotatable bonds is 7. The molecule has 1 saturated heterocycles. The molecule has 7 nitrogen and oxygen atoms in total. The number of nitrogens with zero attached hydrogens (tertiary/aromatic N) is 5. The number of hydrogen-bond donors (Lipinski definition) is 0. The van der Waals surface area contributed by atoms with Crippen molar-refractivity contribution >= 4 is 5.91 Å². The van der Waals surface area contributed by atoms with E-state index in [0.29, 0.717) is 37.0 Å². The van der Waals surface area contributed by atoms with Crippen LogP contribution in [0, 0.1) is 5.82 Å². The van der Waals surface area contributed by atoms with E-state index >= 15 is 0 Å². The average molecular weight is 423 g/mol. The Balaban J connectivity index is 1.29. The van der Waals surface area contributed by atoms with Gasteiger partial charge in [-0.1, -0.05) is 23.4 Å². The lowest BCUT2D eigenvalue weighted by Crippen LogP contribution is -2.43. The van der Waals surface area contributed by atoms with E-state index in [1.54, 1.807) is 17.2 Å². The van der Waals surface area contributed by atoms with E-state index in [1.807, 2.05) is 31.2 Å². The fourth-order valence-corrected chi connectivity index (χ4v) is 3.86. The topological polar surface area (TPSA) is 75.4 Å². The lowest BCUT2D eigenvalue weighted by atomic mass is 9.97. The molecule has 0 saturated carbocycles. The number of likely N-dealkylation sites (N-methyl/N-ethyl adjacent to an activating group) is 1. The predicted octanol–water partition coefficient (Wildman–Crippen LogP) is 3.50. The molecular weight excluding hydrogens is 397 g/mol. The smallest absolute Gasteiger partial charge is 0.237 e. The summed E-state index contributed by atoms with van der Waals surface area (Å²) in [6, 6.07) is 12.0. The van der Waals surface area contributed by atoms with Gasteiger partial charge in [0.25, 0.3) is 0 Å². The van der Waals surface area contributed by atoms with E-state index in [2.05, 4.69) is 20.0 Å². The third-order valence-electron chi connectivity index (χ3n) is 5.63. The number of benzene rings is 1. The molecule has 4 rings (SSSR count). The van der Waals surface area contributed by atoms with Crippen LogP contribution in [-0.2, 0) is 11.3 Å². The molecule has 1 fully saturated rings. The largest absolute Gasteiger partial charge is 0.339 e. The van der Waals surface area contributed by atoms with Crippen LogP contribution in [0.15, 0.2) is 53.2 Å². The van der Waals surface area contributed by atoms with Crippen LogP contribution >= 0.6 is 0 Å². The van der Waals surface area contributed by atoms with E-state index in [4.69, 9.17) is 4.52 Å². The third kappa shape index (κ3) is 5.32. The van der Waals surface area contributed by atoms with Crippen molar-refractivity contribution in [1.29, 1.82) is 0 Å². The molecule has 0 atom stereocenters. The molecule has 0 radical (unpaired) electrons. The van der Waals surface area contributed by atoms with Crippen molar-refractivity contribution in [2.75, 3.05) is 26.2 Å². The highest BCUT2D eigenvalue weighted by Gasteiger charge is 2.27. The lowest BCUT2D eigenvalue weighted by Gasteiger charge is -2.31. The van der Waals surface area contributed by atoms with Gasteiger partial charge < -0.3 is 9.42 Å². The molecule has 2 aromatic heterocycles. The summed E-state index contributed by atoms with van der Waals surface area (Å²) in [5.74, 6) is 1.10. The number of aromatic nitrogens is 3. The monoisotopic (exact) mass is 423 g/mol. The molecule has 1 amide bonds. The van der Waals surface area contributed by atoms with Crippen LogP contribution in [0.4, 0.5) is 4.39 Å². The lowest BCUT2D eigenvalue weighted by molar-refractivity contribution is -0.133. The number of amides is 1. The normalized spacial score (nSPS) is 15.2. The van der Waals surface area contributed by atoms with Gasteiger partial charge in [0.05, 0.1) is 6.54 Å². The zero-order valence-electron chi connectivity index (χ0n) is 17.6. The number of carbonyl (C=O) groups excluding carboxylic acids is 1. The Kier molecular flexibility index (Phi) is 6.66. The average Bonchev–Trinajstić information content (AvgIpc) is 3.29. The Labute approximate surface area is 180 Å². The van der Waals surface area contributed by atoms with Gasteiger partial charge in [-0.15, -0.1) is 0 Å². The fraction of sp³-hybridized carbons (Fsp3) is 0.391. The van der Waals surface area contributed by atoms with E-state index < -0.39 is 0 Å². The highest BCUT2D eigenvalue weighted by Crippen LogP contribution is 2.28. The van der Waals surface area contributed by atoms with Crippen molar-refractivity contribution in [2.24, 2.45) is 0 Å². The zero-order chi connectivity index (χ0) is 21.6. The second kappa shape index (κ2) is 9.78. The second-order valence-electron chi connectivity index (χ2n) is 7.76. The fourth-order valence-electron chi connectivity index (χ4n) is 3.86. The maximum atomic E-state index is 13.4. The molecule has 0 bridgehead atoms. The van der Waals surface area contributed by atoms with Crippen LogP contribution in [0.2, 0.25) is 0 Å². The first-order valence-electron chi connectivity index (χ1n) is 10.6. The molecule has 162 valence electrons. The molecule has 3 aromatic rings. The van der Waals surface area contributed by atoms with Crippen LogP contribution < -0.4 is 0 Å². The van der Waals surface area contributed by atoms with Crippen LogP contribution in [0.3, 0.4) is 0 Å². The Bertz CT molecular complexity index is 1000. The number of piperidine rings is 1. The molecule has 3 heterocycles. The summed E-state index contributed by atoms with van der Waals surface area (Å²) in [7, 11) is 0. The summed E-state index contributed by atoms with van der Waals surface area (Å²) >= 11 is 0. The summed E-state index contributed by atoms with van der Waals surface area (Å²) in [5, 5.41) is 4.06. The van der Waals surface area contributed by atoms with E-state index in [-0.39, 0.29) is 17.6 Å². The minimum absolute atomic E-state index is 0.0560. The number of halogens is 1. The van der Waals surface area contributed by atoms with Gasteiger partial charge in [-0.3, -0.25) is 14.7 Å². The summed E-state index contributed by atoms with van der Waals surface area (Å²) in [5.41, 5.74) is 1.49. The second-order valence-corrected chi connectivity index (χ2v) is 7.76. The van der Waals surface area contributed by atoms with E-state index in [1.165, 1.54) is 12.1 Å². The van der Waals surface area contributed by atoms with Gasteiger partial charge in [-0.25, -0.2) is 4.39 Å². The van der Waals surface area contributed by atoms with Gasteiger partial charge in [0.1, 0.15) is 11.5 Å². The first-order valence-corrected chi connectivity index (χ1v) is 10.6. The molecule has 8 heteroatoms. The van der Waals surface area contributed by atoms with Crippen LogP contribution in [-0.4, -0.2) is 57.0 Å². The maximum Gasteiger partial charge on any atom is 0.237 e. The predicted molar refractivity (Wildman–Crippen MR) is 113 cm³/mol. The van der Waals surface area contributed by atoms with Crippen LogP contribution in [0.25, 0.3) is 11.5 Å². The van der Waals surface area contributed by atoms with Gasteiger partial charge in [0, 0.05) is 25.2 Å². The van der Waals surface area contributed by atoms with Crippen LogP contribution in [0.1, 0.15) is 37.1 Å². The first kappa shape index (κ1) is 21.1. The minimum atomic E-state index is -0.282. The number of likely N-dealkylation sites (tertiary alicyclic amines) is 1. The molecule has 1 aliphatic rings. The maximum absolute atomic E-state index is 13.4. The molecule has 0 spiro atoms. The van der Waals surface area contributed by atoms with Gasteiger partial charge in [0.15, 0.2) is 0 Å². The van der Waals surface area contributed by atoms with Gasteiger partial charge in [-0.2, -0.15) is 4.98 Å². The van der Waals surface area contributed by atoms with Gasteiger partial charge in [-0.05, 0) is 62.7 Å². The molecular formula is C23H26FN5O2. The number of hydrogen-bond acceptors (Lipinski definition) is 6. The van der Waals surface area contributed by atoms with Crippen molar-refractivity contribution < 1.29 is 13.7 Å². The molecule has 31 heavy (non-hydrogen) atoms. The summed E-state index contributed by atoms with van der Waals surface area (Å²) in [6.45, 7) is 4.88. The summed E-state index contributed by atoms with van der Waals surface area (Å²) in [4.78, 5) is 25.5.